The summed E-state index contributed by atoms with van der Waals surface area (Å²) >= 11 is 0. The highest BCUT2D eigenvalue weighted by molar-refractivity contribution is 6.02. The Labute approximate surface area is 113 Å². The number of ketones is 1. The van der Waals surface area contributed by atoms with Crippen molar-refractivity contribution in [2.24, 2.45) is 0 Å². The van der Waals surface area contributed by atoms with E-state index in [2.05, 4.69) is 0 Å². The molecular formula is C16H20O3. The molecule has 102 valence electrons. The van der Waals surface area contributed by atoms with Gasteiger partial charge in [-0.05, 0) is 26.3 Å². The number of phenolic OH excluding ortho intramolecular Hbond substituents is 2. The number of rotatable bonds is 4. The standard InChI is InChI=1S/C16H20O3/c1-5-8-11-10(4)14(13(17)7-3)16(19)12(9-6-2)15(11)18/h5-6,8-9,18-19H,7H2,1-4H3/b8-5+,9-6+. The number of phenols is 2. The first-order valence-electron chi connectivity index (χ1n) is 6.36. The van der Waals surface area contributed by atoms with Crippen LogP contribution in [0.2, 0.25) is 0 Å². The van der Waals surface area contributed by atoms with Crippen molar-refractivity contribution < 1.29 is 15.0 Å². The van der Waals surface area contributed by atoms with Crippen LogP contribution in [0.25, 0.3) is 12.2 Å². The molecule has 0 fully saturated rings. The van der Waals surface area contributed by atoms with Gasteiger partial charge < -0.3 is 10.2 Å². The van der Waals surface area contributed by atoms with E-state index in [1.54, 1.807) is 45.1 Å². The molecule has 0 amide bonds. The van der Waals surface area contributed by atoms with Gasteiger partial charge in [-0.25, -0.2) is 0 Å². The monoisotopic (exact) mass is 260 g/mol. The summed E-state index contributed by atoms with van der Waals surface area (Å²) in [4.78, 5) is 12.0. The second-order valence-corrected chi connectivity index (χ2v) is 4.30. The van der Waals surface area contributed by atoms with E-state index in [4.69, 9.17) is 0 Å². The molecule has 0 bridgehead atoms. The summed E-state index contributed by atoms with van der Waals surface area (Å²) in [6, 6.07) is 0. The molecule has 1 aromatic rings. The first kappa shape index (κ1) is 15.0. The van der Waals surface area contributed by atoms with Crippen molar-refractivity contribution in [2.75, 3.05) is 0 Å². The molecule has 0 radical (unpaired) electrons. The third-order valence-corrected chi connectivity index (χ3v) is 3.05. The second-order valence-electron chi connectivity index (χ2n) is 4.30. The molecule has 1 aromatic carbocycles. The van der Waals surface area contributed by atoms with Gasteiger partial charge in [-0.1, -0.05) is 31.2 Å². The van der Waals surface area contributed by atoms with Crippen molar-refractivity contribution in [3.8, 4) is 11.5 Å². The Morgan fingerprint density at radius 1 is 1.05 bits per heavy atom. The first-order valence-corrected chi connectivity index (χ1v) is 6.36. The number of hydrogen-bond acceptors (Lipinski definition) is 3. The van der Waals surface area contributed by atoms with Gasteiger partial charge in [0.25, 0.3) is 0 Å². The van der Waals surface area contributed by atoms with Gasteiger partial charge >= 0.3 is 0 Å². The lowest BCUT2D eigenvalue weighted by Gasteiger charge is -2.15. The van der Waals surface area contributed by atoms with E-state index in [1.165, 1.54) is 0 Å². The minimum atomic E-state index is -0.145. The maximum atomic E-state index is 12.0. The van der Waals surface area contributed by atoms with Crippen LogP contribution in [0.5, 0.6) is 11.5 Å². The number of allylic oxidation sites excluding steroid dienone is 2. The molecule has 1 rings (SSSR count). The van der Waals surface area contributed by atoms with E-state index in [9.17, 15) is 15.0 Å². The highest BCUT2D eigenvalue weighted by Gasteiger charge is 2.22. The van der Waals surface area contributed by atoms with Gasteiger partial charge in [0.1, 0.15) is 11.5 Å². The van der Waals surface area contributed by atoms with E-state index < -0.39 is 0 Å². The lowest BCUT2D eigenvalue weighted by Crippen LogP contribution is -2.04. The minimum Gasteiger partial charge on any atom is -0.507 e. The quantitative estimate of drug-likeness (QED) is 0.802. The zero-order valence-corrected chi connectivity index (χ0v) is 11.8. The van der Waals surface area contributed by atoms with Gasteiger partial charge in [-0.15, -0.1) is 0 Å². The molecule has 0 saturated heterocycles. The lowest BCUT2D eigenvalue weighted by atomic mass is 9.92. The molecule has 0 aliphatic heterocycles. The first-order chi connectivity index (χ1) is 8.99. The summed E-state index contributed by atoms with van der Waals surface area (Å²) in [7, 11) is 0. The molecule has 3 heteroatoms. The number of hydrogen-bond donors (Lipinski definition) is 2. The number of Topliss-reactive ketones (excluding diaryl/α,β-unsaturated/α-hetero) is 1. The molecule has 19 heavy (non-hydrogen) atoms. The highest BCUT2D eigenvalue weighted by atomic mass is 16.3. The van der Waals surface area contributed by atoms with E-state index in [-0.39, 0.29) is 22.8 Å². The molecule has 0 spiro atoms. The lowest BCUT2D eigenvalue weighted by molar-refractivity contribution is 0.0985. The predicted octanol–water partition coefficient (Wildman–Crippen LogP) is 4.07. The number of benzene rings is 1. The third kappa shape index (κ3) is 2.70. The minimum absolute atomic E-state index is 0.00106. The molecule has 0 atom stereocenters. The van der Waals surface area contributed by atoms with Crippen LogP contribution in [-0.2, 0) is 0 Å². The van der Waals surface area contributed by atoms with E-state index in [0.29, 0.717) is 23.1 Å². The van der Waals surface area contributed by atoms with Gasteiger partial charge in [0.2, 0.25) is 0 Å². The van der Waals surface area contributed by atoms with Gasteiger partial charge in [-0.2, -0.15) is 0 Å². The molecule has 0 saturated carbocycles. The number of carbonyl (C=O) groups excluding carboxylic acids is 1. The Morgan fingerprint density at radius 2 is 1.58 bits per heavy atom. The Kier molecular flexibility index (Phi) is 4.93. The largest absolute Gasteiger partial charge is 0.507 e. The Bertz CT molecular complexity index is 513. The molecule has 2 N–H and O–H groups in total. The third-order valence-electron chi connectivity index (χ3n) is 3.05. The number of aromatic hydroxyl groups is 2. The zero-order valence-electron chi connectivity index (χ0n) is 11.8. The maximum absolute atomic E-state index is 12.0. The predicted molar refractivity (Wildman–Crippen MR) is 78.5 cm³/mol. The van der Waals surface area contributed by atoms with Gasteiger partial charge in [0.15, 0.2) is 5.78 Å². The van der Waals surface area contributed by atoms with Crippen molar-refractivity contribution >= 4 is 17.9 Å². The average molecular weight is 260 g/mol. The van der Waals surface area contributed by atoms with Crippen LogP contribution in [0, 0.1) is 6.92 Å². The topological polar surface area (TPSA) is 57.5 Å². The maximum Gasteiger partial charge on any atom is 0.166 e. The van der Waals surface area contributed by atoms with Gasteiger partial charge in [-0.3, -0.25) is 4.79 Å². The molecule has 0 aliphatic rings. The average Bonchev–Trinajstić information content (AvgIpc) is 2.39. The van der Waals surface area contributed by atoms with Gasteiger partial charge in [0.05, 0.1) is 11.1 Å². The second kappa shape index (κ2) is 6.23. The van der Waals surface area contributed by atoms with Crippen molar-refractivity contribution in [1.82, 2.24) is 0 Å². The molecule has 3 nitrogen and oxygen atoms in total. The highest BCUT2D eigenvalue weighted by Crippen LogP contribution is 2.39. The molecule has 0 unspecified atom stereocenters. The van der Waals surface area contributed by atoms with Crippen molar-refractivity contribution in [3.05, 3.63) is 34.4 Å². The summed E-state index contributed by atoms with van der Waals surface area (Å²) in [5, 5.41) is 20.4. The van der Waals surface area contributed by atoms with Crippen LogP contribution < -0.4 is 0 Å². The summed E-state index contributed by atoms with van der Waals surface area (Å²) in [5.41, 5.74) is 1.76. The SMILES string of the molecule is C/C=C/c1c(C)c(C(=O)CC)c(O)c(/C=C/C)c1O. The zero-order chi connectivity index (χ0) is 14.6. The van der Waals surface area contributed by atoms with Crippen molar-refractivity contribution in [1.29, 1.82) is 0 Å². The summed E-state index contributed by atoms with van der Waals surface area (Å²) in [6.45, 7) is 7.10. The van der Waals surface area contributed by atoms with Crippen molar-refractivity contribution in [3.63, 3.8) is 0 Å². The van der Waals surface area contributed by atoms with Crippen LogP contribution >= 0.6 is 0 Å². The molecule has 0 aliphatic carbocycles. The smallest absolute Gasteiger partial charge is 0.166 e. The van der Waals surface area contributed by atoms with E-state index in [1.807, 2.05) is 6.92 Å². The summed E-state index contributed by atoms with van der Waals surface area (Å²) in [6.07, 6.45) is 7.15. The Morgan fingerprint density at radius 3 is 2.05 bits per heavy atom. The summed E-state index contributed by atoms with van der Waals surface area (Å²) < 4.78 is 0. The van der Waals surface area contributed by atoms with Crippen LogP contribution in [0.4, 0.5) is 0 Å². The summed E-state index contributed by atoms with van der Waals surface area (Å²) in [5.74, 6) is -0.279. The molecule has 0 heterocycles. The normalized spacial score (nSPS) is 11.6. The Balaban J connectivity index is 3.78. The Hall–Kier alpha value is -2.03. The van der Waals surface area contributed by atoms with Crippen LogP contribution in [0.1, 0.15) is 54.2 Å². The fourth-order valence-corrected chi connectivity index (χ4v) is 2.09. The van der Waals surface area contributed by atoms with Crippen LogP contribution in [-0.4, -0.2) is 16.0 Å². The van der Waals surface area contributed by atoms with E-state index in [0.717, 1.165) is 0 Å². The van der Waals surface area contributed by atoms with Crippen LogP contribution in [0.3, 0.4) is 0 Å². The van der Waals surface area contributed by atoms with Crippen LogP contribution in [0.15, 0.2) is 12.2 Å². The number of carbonyl (C=O) groups is 1. The van der Waals surface area contributed by atoms with E-state index >= 15 is 0 Å². The molecular weight excluding hydrogens is 240 g/mol. The molecule has 0 aromatic heterocycles. The van der Waals surface area contributed by atoms with Crippen molar-refractivity contribution in [2.45, 2.75) is 34.1 Å². The van der Waals surface area contributed by atoms with Gasteiger partial charge in [0, 0.05) is 12.0 Å². The fraction of sp³-hybridized carbons (Fsp3) is 0.312. The fourth-order valence-electron chi connectivity index (χ4n) is 2.09.